The lowest BCUT2D eigenvalue weighted by atomic mass is 10.2. The lowest BCUT2D eigenvalue weighted by Crippen LogP contribution is -2.03. The zero-order valence-corrected chi connectivity index (χ0v) is 11.5. The summed E-state index contributed by atoms with van der Waals surface area (Å²) in [6, 6.07) is 13.1. The minimum Gasteiger partial charge on any atom is -0.330 e. The summed E-state index contributed by atoms with van der Waals surface area (Å²) in [5.41, 5.74) is 6.01. The summed E-state index contributed by atoms with van der Waals surface area (Å²) < 4.78 is 37.3. The van der Waals surface area contributed by atoms with Crippen LogP contribution >= 0.6 is 11.8 Å². The van der Waals surface area contributed by atoms with Gasteiger partial charge in [0.2, 0.25) is 0 Å². The van der Waals surface area contributed by atoms with Crippen molar-refractivity contribution in [1.82, 2.24) is 0 Å². The summed E-state index contributed by atoms with van der Waals surface area (Å²) in [5.74, 6) is 0. The molecule has 0 heterocycles. The lowest BCUT2D eigenvalue weighted by molar-refractivity contribution is -0.137. The molecule has 0 spiro atoms. The summed E-state index contributed by atoms with van der Waals surface area (Å²) in [7, 11) is 0. The molecule has 2 N–H and O–H groups in total. The van der Waals surface area contributed by atoms with E-state index in [-0.39, 0.29) is 0 Å². The Kier molecular flexibility index (Phi) is 4.73. The van der Waals surface area contributed by atoms with Crippen molar-refractivity contribution in [3.05, 3.63) is 59.7 Å². The topological polar surface area (TPSA) is 26.0 Å². The third kappa shape index (κ3) is 4.02. The van der Waals surface area contributed by atoms with E-state index in [9.17, 15) is 13.2 Å². The number of nitrogens with two attached hydrogens (primary N) is 1. The van der Waals surface area contributed by atoms with Crippen LogP contribution in [0.5, 0.6) is 0 Å². The molecule has 5 heteroatoms. The van der Waals surface area contributed by atoms with Gasteiger partial charge in [0.25, 0.3) is 0 Å². The monoisotopic (exact) mass is 297 g/mol. The quantitative estimate of drug-likeness (QED) is 0.907. The molecule has 0 aromatic heterocycles. The first-order valence-corrected chi connectivity index (χ1v) is 6.95. The van der Waals surface area contributed by atoms with Crippen LogP contribution in [0.3, 0.4) is 0 Å². The fourth-order valence-corrected chi connectivity index (χ4v) is 2.56. The number of rotatable bonds is 4. The Morgan fingerprint density at radius 2 is 1.35 bits per heavy atom. The maximum absolute atomic E-state index is 12.4. The SMILES string of the molecule is NCCc1ccc(Sc2ccc(C(F)(F)F)cc2)cc1. The van der Waals surface area contributed by atoms with Crippen molar-refractivity contribution in [2.75, 3.05) is 6.54 Å². The van der Waals surface area contributed by atoms with E-state index >= 15 is 0 Å². The van der Waals surface area contributed by atoms with Gasteiger partial charge in [0.05, 0.1) is 5.56 Å². The van der Waals surface area contributed by atoms with Crippen molar-refractivity contribution >= 4 is 11.8 Å². The van der Waals surface area contributed by atoms with Gasteiger partial charge in [-0.3, -0.25) is 0 Å². The van der Waals surface area contributed by atoms with Gasteiger partial charge in [-0.2, -0.15) is 13.2 Å². The summed E-state index contributed by atoms with van der Waals surface area (Å²) >= 11 is 1.44. The van der Waals surface area contributed by atoms with Gasteiger partial charge in [-0.05, 0) is 54.9 Å². The molecule has 0 saturated heterocycles. The van der Waals surface area contributed by atoms with Gasteiger partial charge in [0.15, 0.2) is 0 Å². The number of halogens is 3. The third-order valence-electron chi connectivity index (χ3n) is 2.77. The Hall–Kier alpha value is -1.46. The van der Waals surface area contributed by atoms with Gasteiger partial charge in [0.1, 0.15) is 0 Å². The molecule has 2 aromatic carbocycles. The first kappa shape index (κ1) is 14.9. The van der Waals surface area contributed by atoms with Crippen LogP contribution in [0, 0.1) is 0 Å². The molecule has 20 heavy (non-hydrogen) atoms. The third-order valence-corrected chi connectivity index (χ3v) is 3.79. The van der Waals surface area contributed by atoms with Crippen LogP contribution in [0.15, 0.2) is 58.3 Å². The highest BCUT2D eigenvalue weighted by Gasteiger charge is 2.29. The van der Waals surface area contributed by atoms with Crippen molar-refractivity contribution in [2.45, 2.75) is 22.4 Å². The van der Waals surface area contributed by atoms with Gasteiger partial charge in [-0.15, -0.1) is 0 Å². The van der Waals surface area contributed by atoms with E-state index in [1.54, 1.807) is 0 Å². The van der Waals surface area contributed by atoms with Crippen molar-refractivity contribution in [1.29, 1.82) is 0 Å². The molecule has 1 nitrogen and oxygen atoms in total. The van der Waals surface area contributed by atoms with Crippen LogP contribution in [0.1, 0.15) is 11.1 Å². The second kappa shape index (κ2) is 6.33. The molecular formula is C15H14F3NS. The minimum absolute atomic E-state index is 0.603. The van der Waals surface area contributed by atoms with E-state index in [1.165, 1.54) is 23.9 Å². The van der Waals surface area contributed by atoms with Crippen molar-refractivity contribution in [3.63, 3.8) is 0 Å². The van der Waals surface area contributed by atoms with Gasteiger partial charge in [0, 0.05) is 9.79 Å². The Bertz CT molecular complexity index is 547. The zero-order valence-electron chi connectivity index (χ0n) is 10.7. The fourth-order valence-electron chi connectivity index (χ4n) is 1.74. The van der Waals surface area contributed by atoms with Crippen LogP contribution in [0.25, 0.3) is 0 Å². The van der Waals surface area contributed by atoms with Gasteiger partial charge < -0.3 is 5.73 Å². The van der Waals surface area contributed by atoms with E-state index in [0.717, 1.165) is 33.9 Å². The smallest absolute Gasteiger partial charge is 0.330 e. The largest absolute Gasteiger partial charge is 0.416 e. The standard InChI is InChI=1S/C15H14F3NS/c16-15(17,18)12-3-7-14(8-4-12)20-13-5-1-11(2-6-13)9-10-19/h1-8H,9-10,19H2. The summed E-state index contributed by atoms with van der Waals surface area (Å²) in [4.78, 5) is 1.77. The van der Waals surface area contributed by atoms with E-state index in [4.69, 9.17) is 5.73 Å². The number of benzene rings is 2. The highest BCUT2D eigenvalue weighted by Crippen LogP contribution is 2.33. The van der Waals surface area contributed by atoms with Gasteiger partial charge in [-0.1, -0.05) is 23.9 Å². The van der Waals surface area contributed by atoms with Crippen molar-refractivity contribution in [3.8, 4) is 0 Å². The number of hydrogen-bond acceptors (Lipinski definition) is 2. The molecule has 0 aliphatic carbocycles. The maximum atomic E-state index is 12.4. The molecule has 0 unspecified atom stereocenters. The normalized spacial score (nSPS) is 11.6. The van der Waals surface area contributed by atoms with Crippen LogP contribution < -0.4 is 5.73 Å². The van der Waals surface area contributed by atoms with Crippen LogP contribution in [-0.4, -0.2) is 6.54 Å². The summed E-state index contributed by atoms with van der Waals surface area (Å²) in [6.45, 7) is 0.603. The Morgan fingerprint density at radius 3 is 1.80 bits per heavy atom. The summed E-state index contributed by atoms with van der Waals surface area (Å²) in [5, 5.41) is 0. The van der Waals surface area contributed by atoms with Gasteiger partial charge >= 0.3 is 6.18 Å². The van der Waals surface area contributed by atoms with Crippen LogP contribution in [0.4, 0.5) is 13.2 Å². The molecule has 0 fully saturated rings. The predicted octanol–water partition coefficient (Wildman–Crippen LogP) is 4.36. The average Bonchev–Trinajstić information content (AvgIpc) is 2.41. The molecule has 0 aliphatic heterocycles. The Balaban J connectivity index is 2.06. The van der Waals surface area contributed by atoms with Crippen molar-refractivity contribution in [2.24, 2.45) is 5.73 Å². The first-order valence-electron chi connectivity index (χ1n) is 6.13. The zero-order chi connectivity index (χ0) is 14.6. The number of alkyl halides is 3. The Morgan fingerprint density at radius 1 is 0.850 bits per heavy atom. The second-order valence-corrected chi connectivity index (χ2v) is 5.45. The van der Waals surface area contributed by atoms with E-state index in [2.05, 4.69) is 0 Å². The van der Waals surface area contributed by atoms with Crippen molar-refractivity contribution < 1.29 is 13.2 Å². The van der Waals surface area contributed by atoms with Crippen LogP contribution in [0.2, 0.25) is 0 Å². The first-order chi connectivity index (χ1) is 9.49. The number of hydrogen-bond donors (Lipinski definition) is 1. The molecule has 2 aromatic rings. The molecule has 0 saturated carbocycles. The highest BCUT2D eigenvalue weighted by molar-refractivity contribution is 7.99. The molecule has 0 aliphatic rings. The molecule has 0 bridgehead atoms. The van der Waals surface area contributed by atoms with E-state index in [0.29, 0.717) is 6.54 Å². The van der Waals surface area contributed by atoms with Crippen LogP contribution in [-0.2, 0) is 12.6 Å². The molecular weight excluding hydrogens is 283 g/mol. The second-order valence-electron chi connectivity index (χ2n) is 4.31. The molecule has 0 radical (unpaired) electrons. The minimum atomic E-state index is -4.28. The molecule has 2 rings (SSSR count). The van der Waals surface area contributed by atoms with Gasteiger partial charge in [-0.25, -0.2) is 0 Å². The molecule has 0 amide bonds. The fraction of sp³-hybridized carbons (Fsp3) is 0.200. The lowest BCUT2D eigenvalue weighted by Gasteiger charge is -2.07. The Labute approximate surface area is 120 Å². The molecule has 106 valence electrons. The van der Waals surface area contributed by atoms with E-state index in [1.807, 2.05) is 24.3 Å². The average molecular weight is 297 g/mol. The maximum Gasteiger partial charge on any atom is 0.416 e. The van der Waals surface area contributed by atoms with E-state index < -0.39 is 11.7 Å². The molecule has 0 atom stereocenters. The summed E-state index contributed by atoms with van der Waals surface area (Å²) in [6.07, 6.45) is -3.46. The predicted molar refractivity (Wildman–Crippen MR) is 74.8 cm³/mol. The highest BCUT2D eigenvalue weighted by atomic mass is 32.2.